The van der Waals surface area contributed by atoms with Gasteiger partial charge in [-0.3, -0.25) is 4.40 Å². The second-order valence-electron chi connectivity index (χ2n) is 7.53. The number of nitrogens with one attached hydrogen (secondary N) is 1. The summed E-state index contributed by atoms with van der Waals surface area (Å²) in [6, 6.07) is 3.10. The molecule has 4 aromatic rings. The van der Waals surface area contributed by atoms with E-state index in [0.29, 0.717) is 47.3 Å². The van der Waals surface area contributed by atoms with Crippen LogP contribution in [0.1, 0.15) is 6.42 Å². The molecule has 0 saturated carbocycles. The normalized spacial score (nSPS) is 18.9. The van der Waals surface area contributed by atoms with Gasteiger partial charge in [0.15, 0.2) is 5.65 Å². The van der Waals surface area contributed by atoms with Crippen LogP contribution in [0, 0.1) is 0 Å². The third-order valence-corrected chi connectivity index (χ3v) is 6.32. The summed E-state index contributed by atoms with van der Waals surface area (Å²) in [6.45, 7) is 1.15. The molecule has 1 saturated heterocycles. The minimum absolute atomic E-state index is 0.0382. The lowest BCUT2D eigenvalue weighted by molar-refractivity contribution is 0.0766. The molecule has 1 aliphatic heterocycles. The lowest BCUT2D eigenvalue weighted by atomic mass is 10.0. The minimum Gasteiger partial charge on any atom is -0.506 e. The van der Waals surface area contributed by atoms with Gasteiger partial charge in [-0.15, -0.1) is 0 Å². The van der Waals surface area contributed by atoms with E-state index in [4.69, 9.17) is 38.4 Å². The number of rotatable bonds is 4. The highest BCUT2D eigenvalue weighted by molar-refractivity contribution is 6.41. The minimum atomic E-state index is -0.144. The number of imidazole rings is 1. The van der Waals surface area contributed by atoms with Crippen LogP contribution in [0.4, 0.5) is 5.95 Å². The van der Waals surface area contributed by atoms with Crippen molar-refractivity contribution >= 4 is 45.8 Å². The zero-order valence-electron chi connectivity index (χ0n) is 17.0. The Kier molecular flexibility index (Phi) is 5.42. The maximum absolute atomic E-state index is 10.3. The van der Waals surface area contributed by atoms with Crippen LogP contribution in [0.2, 0.25) is 10.0 Å². The van der Waals surface area contributed by atoms with E-state index in [2.05, 4.69) is 20.3 Å². The van der Waals surface area contributed by atoms with Gasteiger partial charge in [-0.2, -0.15) is 4.98 Å². The third kappa shape index (κ3) is 3.47. The zero-order valence-corrected chi connectivity index (χ0v) is 18.6. The highest BCUT2D eigenvalue weighted by atomic mass is 35.5. The molecule has 1 fully saturated rings. The maximum Gasteiger partial charge on any atom is 0.225 e. The quantitative estimate of drug-likeness (QED) is 0.411. The fraction of sp³-hybridized carbons (Fsp3) is 0.286. The molecule has 3 aromatic heterocycles. The number of fused-ring (bicyclic) bond motifs is 3. The van der Waals surface area contributed by atoms with Crippen LogP contribution in [-0.4, -0.2) is 56.9 Å². The summed E-state index contributed by atoms with van der Waals surface area (Å²) in [5.41, 5.74) is 8.42. The first-order chi connectivity index (χ1) is 15.5. The number of benzene rings is 1. The van der Waals surface area contributed by atoms with Crippen LogP contribution >= 0.6 is 23.2 Å². The van der Waals surface area contributed by atoms with Crippen molar-refractivity contribution in [3.05, 3.63) is 40.8 Å². The molecular formula is C21H20Cl2N6O3. The van der Waals surface area contributed by atoms with Crippen LogP contribution in [0.15, 0.2) is 30.7 Å². The number of phenolic OH excluding ortho intramolecular Hbond substituents is 1. The molecule has 11 heteroatoms. The fourth-order valence-corrected chi connectivity index (χ4v) is 4.50. The van der Waals surface area contributed by atoms with Crippen LogP contribution in [0.3, 0.4) is 0 Å². The second kappa shape index (κ2) is 8.25. The molecule has 0 bridgehead atoms. The average Bonchev–Trinajstić information content (AvgIpc) is 3.29. The van der Waals surface area contributed by atoms with Crippen LogP contribution in [0.25, 0.3) is 27.8 Å². The number of halogens is 2. The van der Waals surface area contributed by atoms with Gasteiger partial charge in [0.2, 0.25) is 5.95 Å². The summed E-state index contributed by atoms with van der Waals surface area (Å²) in [6.07, 6.45) is 5.91. The third-order valence-electron chi connectivity index (χ3n) is 5.57. The monoisotopic (exact) mass is 474 g/mol. The number of aromatic hydroxyl groups is 1. The number of pyridine rings is 1. The number of methoxy groups -OCH3 is 1. The molecule has 0 aliphatic carbocycles. The molecule has 4 N–H and O–H groups in total. The molecule has 9 nitrogen and oxygen atoms in total. The molecule has 5 rings (SSSR count). The number of aromatic nitrogens is 4. The molecule has 1 aromatic carbocycles. The van der Waals surface area contributed by atoms with E-state index in [0.717, 1.165) is 11.8 Å². The van der Waals surface area contributed by atoms with Gasteiger partial charge in [-0.05, 0) is 12.5 Å². The molecule has 0 amide bonds. The Bertz CT molecular complexity index is 1330. The van der Waals surface area contributed by atoms with Crippen LogP contribution < -0.4 is 15.8 Å². The van der Waals surface area contributed by atoms with Crippen molar-refractivity contribution < 1.29 is 14.6 Å². The van der Waals surface area contributed by atoms with E-state index in [1.165, 1.54) is 13.2 Å². The topological polar surface area (TPSA) is 120 Å². The smallest absolute Gasteiger partial charge is 0.225 e. The summed E-state index contributed by atoms with van der Waals surface area (Å²) >= 11 is 13.0. The molecule has 2 atom stereocenters. The Balaban J connectivity index is 1.66. The predicted octanol–water partition coefficient (Wildman–Crippen LogP) is 3.49. The molecule has 0 spiro atoms. The van der Waals surface area contributed by atoms with Crippen molar-refractivity contribution in [3.63, 3.8) is 0 Å². The number of ether oxygens (including phenoxy) is 2. The Morgan fingerprint density at radius 1 is 1.25 bits per heavy atom. The number of nitrogens with two attached hydrogens (primary N) is 1. The van der Waals surface area contributed by atoms with Crippen molar-refractivity contribution in [2.75, 3.05) is 25.6 Å². The highest BCUT2D eigenvalue weighted by Gasteiger charge is 2.24. The van der Waals surface area contributed by atoms with Crippen molar-refractivity contribution in [2.45, 2.75) is 18.5 Å². The molecule has 166 valence electrons. The second-order valence-corrected chi connectivity index (χ2v) is 8.29. The Morgan fingerprint density at radius 2 is 2.09 bits per heavy atom. The molecule has 0 radical (unpaired) electrons. The van der Waals surface area contributed by atoms with Gasteiger partial charge in [0.05, 0.1) is 29.8 Å². The van der Waals surface area contributed by atoms with E-state index in [-0.39, 0.29) is 27.9 Å². The zero-order chi connectivity index (χ0) is 22.4. The molecule has 4 heterocycles. The first kappa shape index (κ1) is 21.0. The Labute approximate surface area is 193 Å². The standard InChI is InChI=1S/C21H20Cl2N6O3/c1-31-15-7-14(30)17(22)16(18(15)23)11-6-10-8-26-21(27-13-9-32-5-2-12(13)24)28-19(10)29-4-3-25-20(11)29/h3-4,6-8,12-13,30H,2,5,9,24H2,1H3,(H,26,27,28)/t12-,13+/m0/s1. The summed E-state index contributed by atoms with van der Waals surface area (Å²) in [4.78, 5) is 13.6. The highest BCUT2D eigenvalue weighted by Crippen LogP contribution is 2.47. The lowest BCUT2D eigenvalue weighted by Crippen LogP contribution is -2.47. The number of hydrogen-bond donors (Lipinski definition) is 3. The molecule has 1 aliphatic rings. The summed E-state index contributed by atoms with van der Waals surface area (Å²) in [5, 5.41) is 14.7. The van der Waals surface area contributed by atoms with Crippen LogP contribution in [-0.2, 0) is 4.74 Å². The fourth-order valence-electron chi connectivity index (χ4n) is 3.88. The van der Waals surface area contributed by atoms with Gasteiger partial charge in [0.1, 0.15) is 17.1 Å². The molecular weight excluding hydrogens is 455 g/mol. The van der Waals surface area contributed by atoms with E-state index in [1.807, 2.05) is 10.5 Å². The maximum atomic E-state index is 10.3. The first-order valence-corrected chi connectivity index (χ1v) is 10.7. The van der Waals surface area contributed by atoms with Crippen molar-refractivity contribution in [1.82, 2.24) is 19.4 Å². The molecule has 0 unspecified atom stereocenters. The van der Waals surface area contributed by atoms with Crippen molar-refractivity contribution in [3.8, 4) is 22.6 Å². The van der Waals surface area contributed by atoms with Gasteiger partial charge in [-0.25, -0.2) is 9.97 Å². The SMILES string of the molecule is COc1cc(O)c(Cl)c(-c2cc3cnc(N[C@@H]4COCC[C@@H]4N)nc3n3ccnc23)c1Cl. The van der Waals surface area contributed by atoms with Gasteiger partial charge in [0.25, 0.3) is 0 Å². The average molecular weight is 475 g/mol. The van der Waals surface area contributed by atoms with Gasteiger partial charge < -0.3 is 25.6 Å². The first-order valence-electron chi connectivity index (χ1n) is 9.96. The lowest BCUT2D eigenvalue weighted by Gasteiger charge is -2.29. The van der Waals surface area contributed by atoms with E-state index < -0.39 is 0 Å². The predicted molar refractivity (Wildman–Crippen MR) is 123 cm³/mol. The Morgan fingerprint density at radius 3 is 2.88 bits per heavy atom. The van der Waals surface area contributed by atoms with Gasteiger partial charge >= 0.3 is 0 Å². The number of hydrogen-bond acceptors (Lipinski definition) is 8. The summed E-state index contributed by atoms with van der Waals surface area (Å²) in [7, 11) is 1.47. The van der Waals surface area contributed by atoms with Gasteiger partial charge in [-0.1, -0.05) is 23.2 Å². The Hall–Kier alpha value is -2.85. The van der Waals surface area contributed by atoms with E-state index in [1.54, 1.807) is 18.6 Å². The number of phenols is 1. The van der Waals surface area contributed by atoms with Crippen molar-refractivity contribution in [1.29, 1.82) is 0 Å². The van der Waals surface area contributed by atoms with Crippen LogP contribution in [0.5, 0.6) is 11.5 Å². The summed E-state index contributed by atoms with van der Waals surface area (Å²) in [5.74, 6) is 0.603. The van der Waals surface area contributed by atoms with E-state index >= 15 is 0 Å². The van der Waals surface area contributed by atoms with Gasteiger partial charge in [0, 0.05) is 53.8 Å². The largest absolute Gasteiger partial charge is 0.506 e. The number of anilines is 1. The summed E-state index contributed by atoms with van der Waals surface area (Å²) < 4.78 is 12.6. The number of nitrogens with zero attached hydrogens (tertiary/aromatic N) is 4. The molecule has 32 heavy (non-hydrogen) atoms. The van der Waals surface area contributed by atoms with Crippen molar-refractivity contribution in [2.24, 2.45) is 5.73 Å². The van der Waals surface area contributed by atoms with E-state index in [9.17, 15) is 5.11 Å².